The molecule has 1 aliphatic heterocycles. The summed E-state index contributed by atoms with van der Waals surface area (Å²) in [5.74, 6) is 0.350. The normalized spacial score (nSPS) is 16.7. The number of hydrogen-bond acceptors (Lipinski definition) is 6. The van der Waals surface area contributed by atoms with E-state index in [9.17, 15) is 4.79 Å². The molecule has 0 amide bonds. The fourth-order valence-electron chi connectivity index (χ4n) is 3.66. The Bertz CT molecular complexity index is 1020. The van der Waals surface area contributed by atoms with Gasteiger partial charge in [0.2, 0.25) is 0 Å². The van der Waals surface area contributed by atoms with Gasteiger partial charge in [-0.15, -0.1) is 10.2 Å². The Morgan fingerprint density at radius 3 is 2.93 bits per heavy atom. The van der Waals surface area contributed by atoms with Gasteiger partial charge >= 0.3 is 5.97 Å². The average molecular weight is 395 g/mol. The second-order valence-electron chi connectivity index (χ2n) is 7.17. The average Bonchev–Trinajstić information content (AvgIpc) is 3.36. The van der Waals surface area contributed by atoms with Gasteiger partial charge in [0.1, 0.15) is 12.6 Å². The quantitative estimate of drug-likeness (QED) is 0.615. The third-order valence-corrected chi connectivity index (χ3v) is 5.18. The van der Waals surface area contributed by atoms with Crippen LogP contribution in [0.4, 0.5) is 0 Å². The molecule has 0 N–H and O–H groups in total. The Balaban J connectivity index is 1.72. The van der Waals surface area contributed by atoms with Crippen LogP contribution in [-0.2, 0) is 16.5 Å². The molecule has 2 aromatic heterocycles. The number of carbonyl (C=O) groups excluding carboxylic acids is 1. The first kappa shape index (κ1) is 19.3. The summed E-state index contributed by atoms with van der Waals surface area (Å²) in [4.78, 5) is 12.1. The molecule has 4 rings (SSSR count). The van der Waals surface area contributed by atoms with Crippen LogP contribution in [0, 0.1) is 6.92 Å². The third-order valence-electron chi connectivity index (χ3n) is 5.18. The number of carbonyl (C=O) groups is 1. The number of nitrogens with zero attached hydrogens (tertiary/aromatic N) is 5. The summed E-state index contributed by atoms with van der Waals surface area (Å²) >= 11 is 0. The van der Waals surface area contributed by atoms with Crippen LogP contribution in [0.5, 0.6) is 0 Å². The summed E-state index contributed by atoms with van der Waals surface area (Å²) in [5, 5.41) is 12.8. The van der Waals surface area contributed by atoms with Crippen molar-refractivity contribution in [1.29, 1.82) is 0 Å². The molecule has 1 aliphatic rings. The molecule has 1 fully saturated rings. The van der Waals surface area contributed by atoms with Gasteiger partial charge in [-0.2, -0.15) is 5.10 Å². The molecule has 1 unspecified atom stereocenters. The largest absolute Gasteiger partial charge is 0.461 e. The number of aromatic nitrogens is 5. The van der Waals surface area contributed by atoms with Gasteiger partial charge in [-0.05, 0) is 50.8 Å². The summed E-state index contributed by atoms with van der Waals surface area (Å²) in [6.07, 6.45) is 4.87. The van der Waals surface area contributed by atoms with Crippen LogP contribution in [0.15, 0.2) is 30.6 Å². The van der Waals surface area contributed by atoms with Crippen molar-refractivity contribution < 1.29 is 14.3 Å². The lowest BCUT2D eigenvalue weighted by Gasteiger charge is -2.24. The highest BCUT2D eigenvalue weighted by Gasteiger charge is 2.21. The van der Waals surface area contributed by atoms with Crippen LogP contribution < -0.4 is 0 Å². The maximum absolute atomic E-state index is 12.1. The highest BCUT2D eigenvalue weighted by atomic mass is 16.5. The minimum absolute atomic E-state index is 0.0365. The maximum atomic E-state index is 12.1. The van der Waals surface area contributed by atoms with E-state index in [0.29, 0.717) is 12.3 Å². The molecule has 152 valence electrons. The zero-order valence-electron chi connectivity index (χ0n) is 17.0. The molecule has 29 heavy (non-hydrogen) atoms. The lowest BCUT2D eigenvalue weighted by atomic mass is 10.0. The molecule has 3 aromatic rings. The van der Waals surface area contributed by atoms with Crippen LogP contribution in [0.25, 0.3) is 22.6 Å². The van der Waals surface area contributed by atoms with E-state index < -0.39 is 5.97 Å². The van der Waals surface area contributed by atoms with Gasteiger partial charge < -0.3 is 9.47 Å². The van der Waals surface area contributed by atoms with Gasteiger partial charge in [0.25, 0.3) is 0 Å². The first-order valence-corrected chi connectivity index (χ1v) is 9.92. The van der Waals surface area contributed by atoms with Crippen molar-refractivity contribution in [3.63, 3.8) is 0 Å². The number of esters is 1. The number of rotatable bonds is 5. The number of aryl methyl sites for hydroxylation is 2. The monoisotopic (exact) mass is 395 g/mol. The Kier molecular flexibility index (Phi) is 5.44. The van der Waals surface area contributed by atoms with Crippen LogP contribution in [-0.4, -0.2) is 43.7 Å². The van der Waals surface area contributed by atoms with E-state index >= 15 is 0 Å². The molecule has 0 aliphatic carbocycles. The molecule has 8 nitrogen and oxygen atoms in total. The highest BCUT2D eigenvalue weighted by Crippen LogP contribution is 2.31. The minimum atomic E-state index is -0.419. The van der Waals surface area contributed by atoms with Gasteiger partial charge in [0.05, 0.1) is 12.3 Å². The Labute approximate surface area is 169 Å². The van der Waals surface area contributed by atoms with Gasteiger partial charge in [0, 0.05) is 24.8 Å². The molecular formula is C21H25N5O3. The van der Waals surface area contributed by atoms with E-state index in [4.69, 9.17) is 9.47 Å². The van der Waals surface area contributed by atoms with Crippen molar-refractivity contribution in [3.8, 4) is 22.6 Å². The smallest absolute Gasteiger partial charge is 0.358 e. The van der Waals surface area contributed by atoms with Crippen molar-refractivity contribution in [2.75, 3.05) is 13.2 Å². The standard InChI is InChI=1S/C21H25N5O3/c1-4-28-21(27)17-12-18(25(3)24-17)16-11-15(9-8-14(16)2)20-23-22-13-26(20)19-7-5-6-10-29-19/h8-9,11-13,19H,4-7,10H2,1-3H3. The third kappa shape index (κ3) is 3.80. The van der Waals surface area contributed by atoms with Crippen molar-refractivity contribution in [3.05, 3.63) is 41.9 Å². The van der Waals surface area contributed by atoms with Crippen molar-refractivity contribution >= 4 is 5.97 Å². The molecule has 1 aromatic carbocycles. The minimum Gasteiger partial charge on any atom is -0.461 e. The van der Waals surface area contributed by atoms with Crippen molar-refractivity contribution in [2.24, 2.45) is 7.05 Å². The predicted octanol–water partition coefficient (Wildman–Crippen LogP) is 3.53. The fraction of sp³-hybridized carbons (Fsp3) is 0.429. The highest BCUT2D eigenvalue weighted by molar-refractivity contribution is 5.89. The first-order chi connectivity index (χ1) is 14.1. The van der Waals surface area contributed by atoms with E-state index in [1.54, 1.807) is 24.0 Å². The first-order valence-electron chi connectivity index (χ1n) is 9.92. The van der Waals surface area contributed by atoms with Crippen LogP contribution >= 0.6 is 0 Å². The van der Waals surface area contributed by atoms with Crippen LogP contribution in [0.1, 0.15) is 48.5 Å². The Morgan fingerprint density at radius 2 is 2.17 bits per heavy atom. The molecular weight excluding hydrogens is 370 g/mol. The van der Waals surface area contributed by atoms with Crippen molar-refractivity contribution in [2.45, 2.75) is 39.3 Å². The van der Waals surface area contributed by atoms with Gasteiger partial charge in [-0.1, -0.05) is 12.1 Å². The zero-order chi connectivity index (χ0) is 20.4. The van der Waals surface area contributed by atoms with Gasteiger partial charge in [-0.25, -0.2) is 4.79 Å². The van der Waals surface area contributed by atoms with E-state index in [1.165, 1.54) is 0 Å². The second-order valence-corrected chi connectivity index (χ2v) is 7.17. The maximum Gasteiger partial charge on any atom is 0.358 e. The molecule has 8 heteroatoms. The second kappa shape index (κ2) is 8.16. The zero-order valence-corrected chi connectivity index (χ0v) is 17.0. The van der Waals surface area contributed by atoms with E-state index in [1.807, 2.05) is 30.7 Å². The Morgan fingerprint density at radius 1 is 1.31 bits per heavy atom. The predicted molar refractivity (Wildman–Crippen MR) is 107 cm³/mol. The summed E-state index contributed by atoms with van der Waals surface area (Å²) in [5.41, 5.74) is 4.13. The summed E-state index contributed by atoms with van der Waals surface area (Å²) in [7, 11) is 1.82. The number of benzene rings is 1. The van der Waals surface area contributed by atoms with Gasteiger partial charge in [-0.3, -0.25) is 9.25 Å². The molecule has 1 saturated heterocycles. The van der Waals surface area contributed by atoms with Gasteiger partial charge in [0.15, 0.2) is 11.5 Å². The summed E-state index contributed by atoms with van der Waals surface area (Å²) in [6.45, 7) is 4.89. The topological polar surface area (TPSA) is 84.1 Å². The summed E-state index contributed by atoms with van der Waals surface area (Å²) < 4.78 is 14.7. The van der Waals surface area contributed by atoms with E-state index in [-0.39, 0.29) is 6.23 Å². The lowest BCUT2D eigenvalue weighted by Crippen LogP contribution is -2.18. The van der Waals surface area contributed by atoms with Crippen molar-refractivity contribution in [1.82, 2.24) is 24.5 Å². The summed E-state index contributed by atoms with van der Waals surface area (Å²) in [6, 6.07) is 7.90. The number of ether oxygens (including phenoxy) is 2. The van der Waals surface area contributed by atoms with Crippen LogP contribution in [0.3, 0.4) is 0 Å². The molecule has 1 atom stereocenters. The molecule has 0 radical (unpaired) electrons. The molecule has 0 bridgehead atoms. The fourth-order valence-corrected chi connectivity index (χ4v) is 3.66. The number of hydrogen-bond donors (Lipinski definition) is 0. The molecule has 3 heterocycles. The SMILES string of the molecule is CCOC(=O)c1cc(-c2cc(-c3nncn3C3CCCCO3)ccc2C)n(C)n1. The lowest BCUT2D eigenvalue weighted by molar-refractivity contribution is -0.0311. The van der Waals surface area contributed by atoms with E-state index in [2.05, 4.69) is 21.4 Å². The Hall–Kier alpha value is -3.00. The van der Waals surface area contributed by atoms with E-state index in [0.717, 1.165) is 54.1 Å². The molecule has 0 saturated carbocycles. The molecule has 0 spiro atoms. The van der Waals surface area contributed by atoms with Crippen LogP contribution in [0.2, 0.25) is 0 Å².